The Labute approximate surface area is 120 Å². The second-order valence-corrected chi connectivity index (χ2v) is 5.26. The number of benzene rings is 1. The maximum Gasteiger partial charge on any atom is 0.416 e. The number of halogens is 3. The number of alkyl halides is 3. The van der Waals surface area contributed by atoms with E-state index in [2.05, 4.69) is 5.32 Å². The fourth-order valence-electron chi connectivity index (χ4n) is 2.56. The van der Waals surface area contributed by atoms with Gasteiger partial charge in [-0.05, 0) is 31.0 Å². The highest BCUT2D eigenvalue weighted by atomic mass is 19.4. The number of carboxylic acid groups (broad SMARTS) is 1. The van der Waals surface area contributed by atoms with Gasteiger partial charge in [-0.2, -0.15) is 13.2 Å². The average molecular weight is 302 g/mol. The van der Waals surface area contributed by atoms with Crippen molar-refractivity contribution in [2.45, 2.75) is 43.9 Å². The monoisotopic (exact) mass is 302 g/mol. The molecule has 1 fully saturated rings. The maximum absolute atomic E-state index is 12.7. The Balaban J connectivity index is 2.28. The molecule has 7 heteroatoms. The van der Waals surface area contributed by atoms with E-state index < -0.39 is 17.7 Å². The first kappa shape index (κ1) is 15.6. The van der Waals surface area contributed by atoms with Crippen molar-refractivity contribution >= 4 is 11.7 Å². The van der Waals surface area contributed by atoms with Crippen LogP contribution in [0, 0.1) is 0 Å². The third kappa shape index (κ3) is 3.66. The summed E-state index contributed by atoms with van der Waals surface area (Å²) in [5, 5.41) is 12.1. The minimum atomic E-state index is -4.57. The lowest BCUT2D eigenvalue weighted by molar-refractivity contribution is -0.137. The molecular formula is C14H17F3N2O2. The van der Waals surface area contributed by atoms with Gasteiger partial charge in [0.05, 0.1) is 11.1 Å². The average Bonchev–Trinajstić information content (AvgIpc) is 2.40. The molecule has 2 rings (SSSR count). The molecule has 2 unspecified atom stereocenters. The molecule has 4 N–H and O–H groups in total. The molecule has 1 aliphatic rings. The molecule has 0 amide bonds. The first-order valence-electron chi connectivity index (χ1n) is 6.75. The van der Waals surface area contributed by atoms with Crippen LogP contribution in [0.5, 0.6) is 0 Å². The fraction of sp³-hybridized carbons (Fsp3) is 0.500. The van der Waals surface area contributed by atoms with Crippen molar-refractivity contribution < 1.29 is 23.1 Å². The zero-order valence-corrected chi connectivity index (χ0v) is 11.3. The van der Waals surface area contributed by atoms with Gasteiger partial charge >= 0.3 is 12.1 Å². The van der Waals surface area contributed by atoms with E-state index in [9.17, 15) is 18.0 Å². The largest absolute Gasteiger partial charge is 0.478 e. The molecule has 1 saturated carbocycles. The van der Waals surface area contributed by atoms with Gasteiger partial charge in [-0.3, -0.25) is 0 Å². The van der Waals surface area contributed by atoms with Crippen molar-refractivity contribution in [3.63, 3.8) is 0 Å². The Morgan fingerprint density at radius 2 is 1.95 bits per heavy atom. The van der Waals surface area contributed by atoms with Gasteiger partial charge in [0, 0.05) is 17.8 Å². The van der Waals surface area contributed by atoms with Crippen LogP contribution in [-0.4, -0.2) is 23.2 Å². The lowest BCUT2D eigenvalue weighted by Gasteiger charge is -2.30. The number of nitrogens with two attached hydrogens (primary N) is 1. The SMILES string of the molecule is NC1CCCCC1Nc1ccc(C(F)(F)F)cc1C(=O)O. The molecule has 0 aliphatic heterocycles. The molecule has 0 saturated heterocycles. The number of aromatic carboxylic acids is 1. The standard InChI is InChI=1S/C14H17F3N2O2/c15-14(16,17)8-5-6-11(9(7-8)13(20)21)19-12-4-2-1-3-10(12)18/h5-7,10,12,19H,1-4,18H2,(H,20,21). The highest BCUT2D eigenvalue weighted by Crippen LogP contribution is 2.32. The quantitative estimate of drug-likeness (QED) is 0.802. The predicted octanol–water partition coefficient (Wildman–Crippen LogP) is 3.09. The van der Waals surface area contributed by atoms with E-state index in [4.69, 9.17) is 10.8 Å². The normalized spacial score (nSPS) is 22.9. The van der Waals surface area contributed by atoms with Gasteiger partial charge in [-0.25, -0.2) is 4.79 Å². The minimum Gasteiger partial charge on any atom is -0.478 e. The molecule has 0 radical (unpaired) electrons. The van der Waals surface area contributed by atoms with Crippen LogP contribution in [0.25, 0.3) is 0 Å². The number of carbonyl (C=O) groups is 1. The van der Waals surface area contributed by atoms with E-state index in [1.54, 1.807) is 0 Å². The van der Waals surface area contributed by atoms with Crippen molar-refractivity contribution in [2.24, 2.45) is 5.73 Å². The summed E-state index contributed by atoms with van der Waals surface area (Å²) >= 11 is 0. The summed E-state index contributed by atoms with van der Waals surface area (Å²) in [7, 11) is 0. The highest BCUT2D eigenvalue weighted by molar-refractivity contribution is 5.94. The van der Waals surface area contributed by atoms with Crippen LogP contribution >= 0.6 is 0 Å². The predicted molar refractivity (Wildman–Crippen MR) is 72.3 cm³/mol. The first-order valence-corrected chi connectivity index (χ1v) is 6.75. The van der Waals surface area contributed by atoms with E-state index in [-0.39, 0.29) is 23.3 Å². The molecular weight excluding hydrogens is 285 g/mol. The summed E-state index contributed by atoms with van der Waals surface area (Å²) < 4.78 is 38.0. The molecule has 4 nitrogen and oxygen atoms in total. The number of hydrogen-bond donors (Lipinski definition) is 3. The zero-order valence-electron chi connectivity index (χ0n) is 11.3. The van der Waals surface area contributed by atoms with Gasteiger partial charge in [0.1, 0.15) is 0 Å². The van der Waals surface area contributed by atoms with Crippen LogP contribution in [0.2, 0.25) is 0 Å². The number of nitrogens with one attached hydrogen (secondary N) is 1. The van der Waals surface area contributed by atoms with Crippen molar-refractivity contribution in [1.29, 1.82) is 0 Å². The van der Waals surface area contributed by atoms with E-state index in [1.807, 2.05) is 0 Å². The van der Waals surface area contributed by atoms with Gasteiger partial charge < -0.3 is 16.2 Å². The van der Waals surface area contributed by atoms with Gasteiger partial charge in [0.2, 0.25) is 0 Å². The minimum absolute atomic E-state index is 0.117. The summed E-state index contributed by atoms with van der Waals surface area (Å²) in [4.78, 5) is 11.2. The van der Waals surface area contributed by atoms with E-state index in [0.29, 0.717) is 6.07 Å². The smallest absolute Gasteiger partial charge is 0.416 e. The highest BCUT2D eigenvalue weighted by Gasteiger charge is 2.32. The Morgan fingerprint density at radius 1 is 1.29 bits per heavy atom. The second-order valence-electron chi connectivity index (χ2n) is 5.26. The Morgan fingerprint density at radius 3 is 2.52 bits per heavy atom. The molecule has 1 aromatic carbocycles. The van der Waals surface area contributed by atoms with E-state index >= 15 is 0 Å². The third-order valence-corrected chi connectivity index (χ3v) is 3.74. The molecule has 0 heterocycles. The third-order valence-electron chi connectivity index (χ3n) is 3.74. The first-order chi connectivity index (χ1) is 9.79. The van der Waals surface area contributed by atoms with Crippen molar-refractivity contribution in [1.82, 2.24) is 0 Å². The van der Waals surface area contributed by atoms with E-state index in [1.165, 1.54) is 0 Å². The lowest BCUT2D eigenvalue weighted by Crippen LogP contribution is -2.42. The summed E-state index contributed by atoms with van der Waals surface area (Å²) in [6, 6.07) is 2.45. The number of carboxylic acids is 1. The Kier molecular flexibility index (Phi) is 4.41. The number of rotatable bonds is 3. The molecule has 2 atom stereocenters. The second kappa shape index (κ2) is 5.93. The van der Waals surface area contributed by atoms with Gasteiger partial charge in [0.15, 0.2) is 0 Å². The summed E-state index contributed by atoms with van der Waals surface area (Å²) in [5.74, 6) is -1.40. The summed E-state index contributed by atoms with van der Waals surface area (Å²) in [6.45, 7) is 0. The van der Waals surface area contributed by atoms with Crippen LogP contribution < -0.4 is 11.1 Å². The van der Waals surface area contributed by atoms with Crippen LogP contribution in [0.1, 0.15) is 41.6 Å². The lowest BCUT2D eigenvalue weighted by atomic mass is 9.90. The molecule has 116 valence electrons. The summed E-state index contributed by atoms with van der Waals surface area (Å²) in [6.07, 6.45) is -0.988. The Hall–Kier alpha value is -1.76. The van der Waals surface area contributed by atoms with Gasteiger partial charge in [-0.15, -0.1) is 0 Å². The molecule has 1 aromatic rings. The van der Waals surface area contributed by atoms with Crippen molar-refractivity contribution in [3.05, 3.63) is 29.3 Å². The molecule has 0 aromatic heterocycles. The number of hydrogen-bond acceptors (Lipinski definition) is 3. The van der Waals surface area contributed by atoms with E-state index in [0.717, 1.165) is 37.8 Å². The molecule has 1 aliphatic carbocycles. The van der Waals surface area contributed by atoms with Crippen LogP contribution in [-0.2, 0) is 6.18 Å². The molecule has 0 spiro atoms. The van der Waals surface area contributed by atoms with Gasteiger partial charge in [-0.1, -0.05) is 12.8 Å². The number of anilines is 1. The summed E-state index contributed by atoms with van der Waals surface area (Å²) in [5.41, 5.74) is 4.78. The molecule has 0 bridgehead atoms. The van der Waals surface area contributed by atoms with Crippen LogP contribution in [0.3, 0.4) is 0 Å². The van der Waals surface area contributed by atoms with Gasteiger partial charge in [0.25, 0.3) is 0 Å². The van der Waals surface area contributed by atoms with Crippen LogP contribution in [0.15, 0.2) is 18.2 Å². The Bertz CT molecular complexity index is 531. The van der Waals surface area contributed by atoms with Crippen molar-refractivity contribution in [2.75, 3.05) is 5.32 Å². The van der Waals surface area contributed by atoms with Crippen LogP contribution in [0.4, 0.5) is 18.9 Å². The van der Waals surface area contributed by atoms with Crippen molar-refractivity contribution in [3.8, 4) is 0 Å². The molecule has 21 heavy (non-hydrogen) atoms. The topological polar surface area (TPSA) is 75.3 Å². The maximum atomic E-state index is 12.7. The fourth-order valence-corrected chi connectivity index (χ4v) is 2.56. The zero-order chi connectivity index (χ0) is 15.6.